The van der Waals surface area contributed by atoms with Crippen LogP contribution in [0.4, 0.5) is 0 Å². The van der Waals surface area contributed by atoms with Gasteiger partial charge in [0.15, 0.2) is 18.9 Å². The third-order valence-corrected chi connectivity index (χ3v) is 21.7. The predicted octanol–water partition coefficient (Wildman–Crippen LogP) is 15.5. The second kappa shape index (κ2) is 65.7. The van der Waals surface area contributed by atoms with Crippen LogP contribution in [0.2, 0.25) is 0 Å². The number of carbonyl (C=O) groups is 1. The first kappa shape index (κ1) is 96.2. The predicted molar refractivity (Wildman–Crippen MR) is 416 cm³/mol. The van der Waals surface area contributed by atoms with E-state index in [0.29, 0.717) is 12.8 Å². The fraction of sp³-hybridized carbons (Fsp3) is 0.918. The van der Waals surface area contributed by atoms with E-state index in [9.17, 15) is 61.0 Å². The first-order chi connectivity index (χ1) is 50.8. The normalized spacial score (nSPS) is 26.0. The molecule has 3 aliphatic rings. The Kier molecular flexibility index (Phi) is 60.8. The zero-order chi connectivity index (χ0) is 75.3. The van der Waals surface area contributed by atoms with Crippen molar-refractivity contribution in [1.29, 1.82) is 0 Å². The molecule has 0 aromatic rings. The minimum absolute atomic E-state index is 0.236. The lowest BCUT2D eigenvalue weighted by molar-refractivity contribution is -0.379. The monoisotopic (exact) mass is 1480 g/mol. The van der Waals surface area contributed by atoms with Gasteiger partial charge in [-0.2, -0.15) is 0 Å². The lowest BCUT2D eigenvalue weighted by atomic mass is 9.96. The molecule has 612 valence electrons. The molecular formula is C85H159NO18. The Morgan fingerprint density at radius 1 is 0.337 bits per heavy atom. The molecule has 0 aliphatic carbocycles. The number of ether oxygens (including phenoxy) is 6. The zero-order valence-electron chi connectivity index (χ0n) is 65.8. The van der Waals surface area contributed by atoms with Gasteiger partial charge in [-0.15, -0.1) is 0 Å². The Labute approximate surface area is 631 Å². The third kappa shape index (κ3) is 44.8. The summed E-state index contributed by atoms with van der Waals surface area (Å²) < 4.78 is 34.4. The van der Waals surface area contributed by atoms with Crippen LogP contribution in [0, 0.1) is 0 Å². The molecule has 17 atom stereocenters. The molecule has 19 nitrogen and oxygen atoms in total. The van der Waals surface area contributed by atoms with E-state index in [-0.39, 0.29) is 18.9 Å². The summed E-state index contributed by atoms with van der Waals surface area (Å²) >= 11 is 0. The van der Waals surface area contributed by atoms with Gasteiger partial charge in [-0.1, -0.05) is 352 Å². The summed E-state index contributed by atoms with van der Waals surface area (Å²) in [6.45, 7) is 1.76. The van der Waals surface area contributed by atoms with Crippen LogP contribution in [0.5, 0.6) is 0 Å². The van der Waals surface area contributed by atoms with E-state index in [1.807, 2.05) is 6.08 Å². The average Bonchev–Trinajstić information content (AvgIpc) is 0.777. The Balaban J connectivity index is 1.30. The van der Waals surface area contributed by atoms with Crippen molar-refractivity contribution in [3.63, 3.8) is 0 Å². The van der Waals surface area contributed by atoms with Crippen molar-refractivity contribution in [3.8, 4) is 0 Å². The molecule has 19 heteroatoms. The van der Waals surface area contributed by atoms with Gasteiger partial charge in [-0.3, -0.25) is 4.79 Å². The van der Waals surface area contributed by atoms with Gasteiger partial charge >= 0.3 is 0 Å². The summed E-state index contributed by atoms with van der Waals surface area (Å²) in [5.74, 6) is -0.282. The smallest absolute Gasteiger partial charge is 0.220 e. The molecule has 3 saturated heterocycles. The van der Waals surface area contributed by atoms with Crippen LogP contribution in [0.15, 0.2) is 36.5 Å². The second-order valence-electron chi connectivity index (χ2n) is 31.0. The molecule has 0 bridgehead atoms. The lowest BCUT2D eigenvalue weighted by Gasteiger charge is -2.48. The standard InChI is InChI=1S/C85H159NO18/c1-3-5-7-9-11-13-15-17-19-21-23-25-26-27-28-29-30-31-32-33-34-35-36-37-38-39-40-41-42-43-45-47-49-51-53-55-57-59-61-63-73(91)86-68(69(90)62-60-58-56-54-52-50-48-46-44-24-22-20-18-16-14-12-10-8-6-4-2)67-99-83-79(97)76(94)81(71(65-88)101-83)104-85-80(98)77(95)82(72(66-89)102-85)103-84-78(96)75(93)74(92)70(64-87)100-84/h44,46,52,54,60,62,68-72,74-85,87-90,92-98H,3-43,45,47-51,53,55-59,61,63-67H2,1-2H3,(H,86,91)/b46-44+,54-52+,62-60+. The Morgan fingerprint density at radius 3 is 0.962 bits per heavy atom. The van der Waals surface area contributed by atoms with Crippen LogP contribution in [0.3, 0.4) is 0 Å². The molecule has 1 amide bonds. The van der Waals surface area contributed by atoms with Crippen molar-refractivity contribution in [1.82, 2.24) is 5.32 Å². The SMILES string of the molecule is CCCCCCCCCCCC/C=C/CC/C=C/CC/C=C/C(O)C(COC1OC(CO)C(OC2OC(CO)C(OC3OC(CO)C(O)C(O)C3O)C(O)C2O)C(O)C1O)NC(=O)CCCCCCCCCCCCCCCCCCCCCCCCCCCCCCCCCCCCCCCCC. The van der Waals surface area contributed by atoms with E-state index in [1.165, 1.54) is 289 Å². The molecule has 3 heterocycles. The molecule has 0 aromatic heterocycles. The van der Waals surface area contributed by atoms with Gasteiger partial charge in [0.1, 0.15) is 73.2 Å². The number of hydrogen-bond donors (Lipinski definition) is 12. The molecular weight excluding hydrogens is 1320 g/mol. The Bertz CT molecular complexity index is 2020. The van der Waals surface area contributed by atoms with Gasteiger partial charge in [0.2, 0.25) is 5.91 Å². The van der Waals surface area contributed by atoms with Crippen molar-refractivity contribution in [2.24, 2.45) is 0 Å². The van der Waals surface area contributed by atoms with Crippen LogP contribution in [0.1, 0.15) is 367 Å². The van der Waals surface area contributed by atoms with Crippen molar-refractivity contribution in [3.05, 3.63) is 36.5 Å². The summed E-state index contributed by atoms with van der Waals surface area (Å²) in [5.41, 5.74) is 0. The van der Waals surface area contributed by atoms with E-state index < -0.39 is 124 Å². The van der Waals surface area contributed by atoms with Crippen molar-refractivity contribution in [2.45, 2.75) is 471 Å². The molecule has 3 fully saturated rings. The fourth-order valence-electron chi connectivity index (χ4n) is 14.8. The number of carbonyl (C=O) groups excluding carboxylic acids is 1. The maximum absolute atomic E-state index is 13.5. The van der Waals surface area contributed by atoms with Crippen molar-refractivity contribution in [2.75, 3.05) is 26.4 Å². The van der Waals surface area contributed by atoms with Crippen LogP contribution in [-0.2, 0) is 33.2 Å². The number of rotatable bonds is 70. The topological polar surface area (TPSA) is 307 Å². The van der Waals surface area contributed by atoms with Gasteiger partial charge < -0.3 is 89.9 Å². The highest BCUT2D eigenvalue weighted by molar-refractivity contribution is 5.76. The molecule has 0 saturated carbocycles. The molecule has 0 spiro atoms. The Morgan fingerprint density at radius 2 is 0.615 bits per heavy atom. The number of nitrogens with one attached hydrogen (secondary N) is 1. The minimum atomic E-state index is -1.98. The molecule has 12 N–H and O–H groups in total. The number of unbranched alkanes of at least 4 members (excludes halogenated alkanes) is 50. The van der Waals surface area contributed by atoms with Gasteiger partial charge in [0.25, 0.3) is 0 Å². The fourth-order valence-corrected chi connectivity index (χ4v) is 14.8. The van der Waals surface area contributed by atoms with Gasteiger partial charge in [0, 0.05) is 6.42 Å². The van der Waals surface area contributed by atoms with Gasteiger partial charge in [0.05, 0.1) is 38.6 Å². The summed E-state index contributed by atoms with van der Waals surface area (Å²) in [7, 11) is 0. The van der Waals surface area contributed by atoms with Crippen LogP contribution in [0.25, 0.3) is 0 Å². The maximum Gasteiger partial charge on any atom is 0.220 e. The number of aliphatic hydroxyl groups excluding tert-OH is 11. The molecule has 0 aromatic carbocycles. The van der Waals surface area contributed by atoms with E-state index >= 15 is 0 Å². The van der Waals surface area contributed by atoms with E-state index in [0.717, 1.165) is 44.9 Å². The first-order valence-electron chi connectivity index (χ1n) is 43.2. The Hall–Kier alpha value is -1.99. The quantitative estimate of drug-likeness (QED) is 0.0199. The average molecular weight is 1480 g/mol. The molecule has 0 radical (unpaired) electrons. The van der Waals surface area contributed by atoms with Crippen LogP contribution >= 0.6 is 0 Å². The number of hydrogen-bond acceptors (Lipinski definition) is 18. The summed E-state index contributed by atoms with van der Waals surface area (Å²) in [6.07, 6.45) is 56.1. The van der Waals surface area contributed by atoms with E-state index in [2.05, 4.69) is 43.5 Å². The molecule has 3 rings (SSSR count). The van der Waals surface area contributed by atoms with Crippen LogP contribution < -0.4 is 5.32 Å². The molecule has 104 heavy (non-hydrogen) atoms. The van der Waals surface area contributed by atoms with Gasteiger partial charge in [-0.25, -0.2) is 0 Å². The van der Waals surface area contributed by atoms with Gasteiger partial charge in [-0.05, 0) is 44.9 Å². The van der Waals surface area contributed by atoms with Crippen molar-refractivity contribution < 1.29 is 89.4 Å². The highest BCUT2D eigenvalue weighted by Gasteiger charge is 2.54. The van der Waals surface area contributed by atoms with E-state index in [4.69, 9.17) is 28.4 Å². The highest BCUT2D eigenvalue weighted by atomic mass is 16.8. The summed E-state index contributed by atoms with van der Waals surface area (Å²) in [4.78, 5) is 13.5. The van der Waals surface area contributed by atoms with Crippen molar-refractivity contribution >= 4 is 5.91 Å². The molecule has 17 unspecified atom stereocenters. The second-order valence-corrected chi connectivity index (χ2v) is 31.0. The summed E-state index contributed by atoms with van der Waals surface area (Å²) in [6, 6.07) is -0.996. The lowest BCUT2D eigenvalue weighted by Crippen LogP contribution is -2.66. The molecule has 3 aliphatic heterocycles. The third-order valence-electron chi connectivity index (χ3n) is 21.7. The largest absolute Gasteiger partial charge is 0.394 e. The summed E-state index contributed by atoms with van der Waals surface area (Å²) in [5, 5.41) is 121. The maximum atomic E-state index is 13.5. The van der Waals surface area contributed by atoms with E-state index in [1.54, 1.807) is 6.08 Å². The minimum Gasteiger partial charge on any atom is -0.394 e. The zero-order valence-corrected chi connectivity index (χ0v) is 65.8. The highest BCUT2D eigenvalue weighted by Crippen LogP contribution is 2.33. The first-order valence-corrected chi connectivity index (χ1v) is 43.2. The number of aliphatic hydroxyl groups is 11. The number of allylic oxidation sites excluding steroid dienone is 5. The van der Waals surface area contributed by atoms with Crippen LogP contribution in [-0.4, -0.2) is 193 Å². The number of amides is 1.